The SMILES string of the molecule is COc1n[nH]c2cc(NC(=O)N[C@@H]3CN(C)[C@@H](C(F)F)[C@@H]3c3ccccc3)ncc12. The summed E-state index contributed by atoms with van der Waals surface area (Å²) in [6, 6.07) is 8.73. The Hall–Kier alpha value is -3.27. The third-order valence-corrected chi connectivity index (χ3v) is 5.40. The highest BCUT2D eigenvalue weighted by atomic mass is 19.3. The molecular formula is C20H22F2N6O2. The zero-order valence-corrected chi connectivity index (χ0v) is 16.5. The first-order valence-electron chi connectivity index (χ1n) is 9.47. The number of aromatic nitrogens is 3. The van der Waals surface area contributed by atoms with Crippen LogP contribution in [-0.2, 0) is 0 Å². The first kappa shape index (κ1) is 20.0. The number of H-pyrrole nitrogens is 1. The number of benzene rings is 1. The number of nitrogens with zero attached hydrogens (tertiary/aromatic N) is 3. The zero-order chi connectivity index (χ0) is 21.3. The number of carbonyl (C=O) groups is 1. The second kappa shape index (κ2) is 8.23. The Morgan fingerprint density at radius 1 is 1.33 bits per heavy atom. The monoisotopic (exact) mass is 416 g/mol. The summed E-state index contributed by atoms with van der Waals surface area (Å²) in [4.78, 5) is 18.4. The van der Waals surface area contributed by atoms with E-state index >= 15 is 0 Å². The normalized spacial score (nSPS) is 21.8. The van der Waals surface area contributed by atoms with Crippen LogP contribution in [0.2, 0.25) is 0 Å². The van der Waals surface area contributed by atoms with E-state index in [1.54, 1.807) is 18.0 Å². The Bertz CT molecular complexity index is 1030. The number of hydrogen-bond donors (Lipinski definition) is 3. The number of urea groups is 1. The van der Waals surface area contributed by atoms with Crippen molar-refractivity contribution in [3.63, 3.8) is 0 Å². The van der Waals surface area contributed by atoms with E-state index in [2.05, 4.69) is 25.8 Å². The number of ether oxygens (including phenoxy) is 1. The van der Waals surface area contributed by atoms with Crippen molar-refractivity contribution in [3.8, 4) is 5.88 Å². The maximum absolute atomic E-state index is 13.8. The molecule has 10 heteroatoms. The number of likely N-dealkylation sites (N-methyl/N-ethyl adjacent to an activating group) is 1. The van der Waals surface area contributed by atoms with Gasteiger partial charge in [0.25, 0.3) is 6.43 Å². The van der Waals surface area contributed by atoms with Gasteiger partial charge in [0, 0.05) is 24.7 Å². The minimum atomic E-state index is -2.53. The van der Waals surface area contributed by atoms with E-state index in [0.29, 0.717) is 29.1 Å². The number of halogens is 2. The van der Waals surface area contributed by atoms with Crippen LogP contribution < -0.4 is 15.4 Å². The van der Waals surface area contributed by atoms with E-state index < -0.39 is 30.5 Å². The molecule has 1 fully saturated rings. The molecule has 30 heavy (non-hydrogen) atoms. The van der Waals surface area contributed by atoms with Gasteiger partial charge in [0.15, 0.2) is 0 Å². The Morgan fingerprint density at radius 2 is 2.10 bits per heavy atom. The summed E-state index contributed by atoms with van der Waals surface area (Å²) < 4.78 is 32.6. The maximum atomic E-state index is 13.8. The van der Waals surface area contributed by atoms with Crippen molar-refractivity contribution in [3.05, 3.63) is 48.2 Å². The van der Waals surface area contributed by atoms with Crippen LogP contribution in [0.15, 0.2) is 42.6 Å². The van der Waals surface area contributed by atoms with Gasteiger partial charge in [0.1, 0.15) is 5.82 Å². The van der Waals surface area contributed by atoms with Crippen LogP contribution in [0.25, 0.3) is 10.9 Å². The predicted molar refractivity (Wildman–Crippen MR) is 108 cm³/mol. The zero-order valence-electron chi connectivity index (χ0n) is 16.5. The highest BCUT2D eigenvalue weighted by molar-refractivity contribution is 5.92. The molecule has 0 radical (unpaired) electrons. The summed E-state index contributed by atoms with van der Waals surface area (Å²) in [7, 11) is 3.15. The summed E-state index contributed by atoms with van der Waals surface area (Å²) in [5.41, 5.74) is 1.42. The maximum Gasteiger partial charge on any atom is 0.320 e. The Balaban J connectivity index is 1.51. The second-order valence-corrected chi connectivity index (χ2v) is 7.25. The number of rotatable bonds is 5. The van der Waals surface area contributed by atoms with E-state index in [9.17, 15) is 13.6 Å². The second-order valence-electron chi connectivity index (χ2n) is 7.25. The number of hydrogen-bond acceptors (Lipinski definition) is 5. The number of methoxy groups -OCH3 is 1. The lowest BCUT2D eigenvalue weighted by molar-refractivity contribution is 0.0512. The van der Waals surface area contributed by atoms with E-state index in [-0.39, 0.29) is 0 Å². The molecule has 3 heterocycles. The molecule has 4 rings (SSSR count). The van der Waals surface area contributed by atoms with Gasteiger partial charge in [-0.15, -0.1) is 5.10 Å². The fraction of sp³-hybridized carbons (Fsp3) is 0.350. The Morgan fingerprint density at radius 3 is 2.80 bits per heavy atom. The Kier molecular flexibility index (Phi) is 5.49. The van der Waals surface area contributed by atoms with Crippen LogP contribution in [0.3, 0.4) is 0 Å². The quantitative estimate of drug-likeness (QED) is 0.595. The van der Waals surface area contributed by atoms with Crippen molar-refractivity contribution in [1.29, 1.82) is 0 Å². The Labute approximate surface area is 171 Å². The molecule has 1 aliphatic rings. The van der Waals surface area contributed by atoms with Crippen LogP contribution in [0.1, 0.15) is 11.5 Å². The predicted octanol–water partition coefficient (Wildman–Crippen LogP) is 2.82. The van der Waals surface area contributed by atoms with Gasteiger partial charge in [0.05, 0.1) is 30.1 Å². The summed E-state index contributed by atoms with van der Waals surface area (Å²) >= 11 is 0. The van der Waals surface area contributed by atoms with Gasteiger partial charge in [0.2, 0.25) is 5.88 Å². The van der Waals surface area contributed by atoms with Crippen LogP contribution in [0.4, 0.5) is 19.4 Å². The molecule has 3 aromatic rings. The molecule has 0 spiro atoms. The molecule has 1 aromatic carbocycles. The first-order valence-corrected chi connectivity index (χ1v) is 9.47. The number of pyridine rings is 1. The number of nitrogens with one attached hydrogen (secondary N) is 3. The van der Waals surface area contributed by atoms with Crippen molar-refractivity contribution < 1.29 is 18.3 Å². The van der Waals surface area contributed by atoms with Gasteiger partial charge < -0.3 is 10.1 Å². The minimum absolute atomic E-state index is 0.305. The molecule has 3 atom stereocenters. The number of fused-ring (bicyclic) bond motifs is 1. The summed E-state index contributed by atoms with van der Waals surface area (Å²) in [5, 5.41) is 13.0. The number of alkyl halides is 2. The molecule has 3 N–H and O–H groups in total. The van der Waals surface area contributed by atoms with Crippen LogP contribution in [0.5, 0.6) is 5.88 Å². The van der Waals surface area contributed by atoms with E-state index in [0.717, 1.165) is 5.56 Å². The fourth-order valence-corrected chi connectivity index (χ4v) is 4.08. The molecule has 0 saturated carbocycles. The molecule has 158 valence electrons. The smallest absolute Gasteiger partial charge is 0.320 e. The third kappa shape index (κ3) is 3.78. The lowest BCUT2D eigenvalue weighted by Gasteiger charge is -2.26. The molecule has 2 amide bonds. The van der Waals surface area contributed by atoms with Crippen LogP contribution in [-0.4, -0.2) is 65.3 Å². The topological polar surface area (TPSA) is 95.2 Å². The summed E-state index contributed by atoms with van der Waals surface area (Å²) in [6.07, 6.45) is -0.995. The third-order valence-electron chi connectivity index (χ3n) is 5.40. The molecular weight excluding hydrogens is 394 g/mol. The lowest BCUT2D eigenvalue weighted by atomic mass is 9.88. The first-order chi connectivity index (χ1) is 14.5. The van der Waals surface area contributed by atoms with Crippen molar-refractivity contribution in [2.45, 2.75) is 24.4 Å². The number of aromatic amines is 1. The average molecular weight is 416 g/mol. The van der Waals surface area contributed by atoms with Gasteiger partial charge in [-0.25, -0.2) is 18.6 Å². The number of likely N-dealkylation sites (tertiary alicyclic amines) is 1. The van der Waals surface area contributed by atoms with Crippen molar-refractivity contribution in [2.75, 3.05) is 26.0 Å². The highest BCUT2D eigenvalue weighted by Gasteiger charge is 2.46. The van der Waals surface area contributed by atoms with Gasteiger partial charge in [-0.05, 0) is 12.6 Å². The summed E-state index contributed by atoms with van der Waals surface area (Å²) in [5.74, 6) is 0.180. The number of amides is 2. The molecule has 1 aliphatic heterocycles. The van der Waals surface area contributed by atoms with Crippen LogP contribution in [0, 0.1) is 0 Å². The summed E-state index contributed by atoms with van der Waals surface area (Å²) in [6.45, 7) is 0.312. The van der Waals surface area contributed by atoms with Gasteiger partial charge in [-0.1, -0.05) is 30.3 Å². The molecule has 1 saturated heterocycles. The van der Waals surface area contributed by atoms with Crippen LogP contribution >= 0.6 is 0 Å². The standard InChI is InChI=1S/C20H22F2N6O2/c1-28-10-14(16(17(28)18(21)22)11-6-4-3-5-7-11)24-20(29)25-15-8-13-12(9-23-15)19(30-2)27-26-13/h3-9,14,16-18H,10H2,1-2H3,(H,26,27)(H2,23,24,25,29)/t14-,16-,17-/m1/s1. The molecule has 0 aliphatic carbocycles. The van der Waals surface area contributed by atoms with Gasteiger partial charge in [-0.2, -0.15) is 0 Å². The molecule has 0 unspecified atom stereocenters. The fourth-order valence-electron chi connectivity index (χ4n) is 4.08. The average Bonchev–Trinajstić information content (AvgIpc) is 3.28. The molecule has 8 nitrogen and oxygen atoms in total. The largest absolute Gasteiger partial charge is 0.479 e. The lowest BCUT2D eigenvalue weighted by Crippen LogP contribution is -2.43. The van der Waals surface area contributed by atoms with Gasteiger partial charge in [-0.3, -0.25) is 15.3 Å². The molecule has 0 bridgehead atoms. The number of anilines is 1. The highest BCUT2D eigenvalue weighted by Crippen LogP contribution is 2.36. The minimum Gasteiger partial charge on any atom is -0.479 e. The number of carbonyl (C=O) groups excluding carboxylic acids is 1. The van der Waals surface area contributed by atoms with E-state index in [1.807, 2.05) is 30.3 Å². The molecule has 2 aromatic heterocycles. The van der Waals surface area contributed by atoms with E-state index in [4.69, 9.17) is 4.74 Å². The van der Waals surface area contributed by atoms with E-state index in [1.165, 1.54) is 13.3 Å². The van der Waals surface area contributed by atoms with Crippen molar-refractivity contribution >= 4 is 22.8 Å². The van der Waals surface area contributed by atoms with Gasteiger partial charge >= 0.3 is 6.03 Å². The van der Waals surface area contributed by atoms with Crippen molar-refractivity contribution in [1.82, 2.24) is 25.4 Å². The van der Waals surface area contributed by atoms with Crippen molar-refractivity contribution in [2.24, 2.45) is 0 Å².